The summed E-state index contributed by atoms with van der Waals surface area (Å²) in [6.45, 7) is 3.79. The molecule has 0 fully saturated rings. The van der Waals surface area contributed by atoms with Gasteiger partial charge in [0.15, 0.2) is 5.65 Å². The zero-order chi connectivity index (χ0) is 13.3. The quantitative estimate of drug-likeness (QED) is 0.831. The molecule has 2 aromatic heterocycles. The van der Waals surface area contributed by atoms with Gasteiger partial charge in [-0.15, -0.1) is 0 Å². The first-order valence-corrected chi connectivity index (χ1v) is 5.70. The van der Waals surface area contributed by atoms with E-state index in [1.807, 2.05) is 26.0 Å². The summed E-state index contributed by atoms with van der Waals surface area (Å²) in [5.74, 6) is 0.0795. The van der Waals surface area contributed by atoms with Gasteiger partial charge in [-0.1, -0.05) is 0 Å². The number of imidazole rings is 1. The average Bonchev–Trinajstić information content (AvgIpc) is 2.64. The Morgan fingerprint density at radius 2 is 2.22 bits per heavy atom. The molecule has 18 heavy (non-hydrogen) atoms. The number of nitrogens with zero attached hydrogens (tertiary/aromatic N) is 3. The Morgan fingerprint density at radius 1 is 1.50 bits per heavy atom. The first-order chi connectivity index (χ1) is 8.52. The SMILES string of the molecule is COC(=O)CC(C)n1c(N)nc2ccc(C)nc21. The smallest absolute Gasteiger partial charge is 0.307 e. The molecular formula is C12H16N4O2. The number of hydrogen-bond acceptors (Lipinski definition) is 5. The fourth-order valence-electron chi connectivity index (χ4n) is 1.94. The normalized spacial score (nSPS) is 12.6. The molecule has 0 bridgehead atoms. The van der Waals surface area contributed by atoms with Crippen molar-refractivity contribution in [1.82, 2.24) is 14.5 Å². The van der Waals surface area contributed by atoms with Crippen LogP contribution in [0.15, 0.2) is 12.1 Å². The van der Waals surface area contributed by atoms with Gasteiger partial charge in [-0.25, -0.2) is 9.97 Å². The third-order valence-electron chi connectivity index (χ3n) is 2.83. The number of nitrogens with two attached hydrogens (primary N) is 1. The van der Waals surface area contributed by atoms with Crippen LogP contribution in [0.1, 0.15) is 25.1 Å². The number of rotatable bonds is 3. The largest absolute Gasteiger partial charge is 0.469 e. The molecule has 6 heteroatoms. The second-order valence-electron chi connectivity index (χ2n) is 4.26. The van der Waals surface area contributed by atoms with Gasteiger partial charge in [-0.3, -0.25) is 9.36 Å². The lowest BCUT2D eigenvalue weighted by Gasteiger charge is -2.14. The molecule has 2 heterocycles. The summed E-state index contributed by atoms with van der Waals surface area (Å²) in [4.78, 5) is 20.0. The second kappa shape index (κ2) is 4.64. The van der Waals surface area contributed by atoms with Gasteiger partial charge in [0.2, 0.25) is 5.95 Å². The Labute approximate surface area is 105 Å². The molecule has 0 aliphatic rings. The minimum Gasteiger partial charge on any atom is -0.469 e. The van der Waals surface area contributed by atoms with Crippen molar-refractivity contribution in [3.05, 3.63) is 17.8 Å². The van der Waals surface area contributed by atoms with Crippen LogP contribution < -0.4 is 5.73 Å². The number of anilines is 1. The zero-order valence-corrected chi connectivity index (χ0v) is 10.7. The number of nitrogen functional groups attached to an aromatic ring is 1. The van der Waals surface area contributed by atoms with Crippen LogP contribution in [0.5, 0.6) is 0 Å². The number of carbonyl (C=O) groups is 1. The predicted octanol–water partition coefficient (Wildman–Crippen LogP) is 1.45. The number of esters is 1. The Morgan fingerprint density at radius 3 is 2.89 bits per heavy atom. The summed E-state index contributed by atoms with van der Waals surface area (Å²) in [6, 6.07) is 3.61. The van der Waals surface area contributed by atoms with Gasteiger partial charge < -0.3 is 10.5 Å². The minimum absolute atomic E-state index is 0.142. The Kier molecular flexibility index (Phi) is 3.18. The molecule has 0 spiro atoms. The van der Waals surface area contributed by atoms with Crippen LogP contribution in [0.4, 0.5) is 5.95 Å². The molecule has 2 N–H and O–H groups in total. The fraction of sp³-hybridized carbons (Fsp3) is 0.417. The number of aryl methyl sites for hydroxylation is 1. The van der Waals surface area contributed by atoms with Crippen molar-refractivity contribution < 1.29 is 9.53 Å². The van der Waals surface area contributed by atoms with Crippen molar-refractivity contribution in [2.45, 2.75) is 26.3 Å². The van der Waals surface area contributed by atoms with Crippen molar-refractivity contribution in [1.29, 1.82) is 0 Å². The van der Waals surface area contributed by atoms with Crippen LogP contribution in [-0.4, -0.2) is 27.6 Å². The van der Waals surface area contributed by atoms with Crippen molar-refractivity contribution >= 4 is 23.1 Å². The molecule has 1 atom stereocenters. The van der Waals surface area contributed by atoms with Crippen molar-refractivity contribution in [3.63, 3.8) is 0 Å². The van der Waals surface area contributed by atoms with E-state index in [0.29, 0.717) is 11.6 Å². The molecule has 6 nitrogen and oxygen atoms in total. The number of methoxy groups -OCH3 is 1. The van der Waals surface area contributed by atoms with Crippen LogP contribution in [-0.2, 0) is 9.53 Å². The van der Waals surface area contributed by atoms with Crippen molar-refractivity contribution in [3.8, 4) is 0 Å². The van der Waals surface area contributed by atoms with Gasteiger partial charge in [-0.2, -0.15) is 0 Å². The lowest BCUT2D eigenvalue weighted by molar-refractivity contribution is -0.141. The number of ether oxygens (including phenoxy) is 1. The van der Waals surface area contributed by atoms with Crippen LogP contribution in [0.3, 0.4) is 0 Å². The first-order valence-electron chi connectivity index (χ1n) is 5.70. The summed E-state index contributed by atoms with van der Waals surface area (Å²) in [5.41, 5.74) is 8.19. The molecular weight excluding hydrogens is 232 g/mol. The van der Waals surface area contributed by atoms with Gasteiger partial charge in [0, 0.05) is 11.7 Å². The molecule has 0 saturated heterocycles. The minimum atomic E-state index is -0.281. The van der Waals surface area contributed by atoms with E-state index in [4.69, 9.17) is 5.73 Å². The Balaban J connectivity index is 2.45. The summed E-state index contributed by atoms with van der Waals surface area (Å²) in [6.07, 6.45) is 0.238. The number of carbonyl (C=O) groups excluding carboxylic acids is 1. The molecule has 0 saturated carbocycles. The van der Waals surface area contributed by atoms with Crippen LogP contribution in [0.2, 0.25) is 0 Å². The highest BCUT2D eigenvalue weighted by molar-refractivity contribution is 5.75. The molecule has 1 unspecified atom stereocenters. The third kappa shape index (κ3) is 2.13. The topological polar surface area (TPSA) is 83.0 Å². The maximum absolute atomic E-state index is 11.3. The van der Waals surface area contributed by atoms with E-state index in [9.17, 15) is 4.79 Å². The van der Waals surface area contributed by atoms with E-state index in [1.54, 1.807) is 4.57 Å². The molecule has 2 aromatic rings. The van der Waals surface area contributed by atoms with Crippen molar-refractivity contribution in [2.24, 2.45) is 0 Å². The average molecular weight is 248 g/mol. The van der Waals surface area contributed by atoms with Crippen LogP contribution >= 0.6 is 0 Å². The van der Waals surface area contributed by atoms with E-state index < -0.39 is 0 Å². The molecule has 0 aromatic carbocycles. The molecule has 0 aliphatic heterocycles. The third-order valence-corrected chi connectivity index (χ3v) is 2.83. The molecule has 0 aliphatic carbocycles. The Hall–Kier alpha value is -2.11. The number of hydrogen-bond donors (Lipinski definition) is 1. The van der Waals surface area contributed by atoms with E-state index >= 15 is 0 Å². The summed E-state index contributed by atoms with van der Waals surface area (Å²) in [7, 11) is 1.37. The van der Waals surface area contributed by atoms with Gasteiger partial charge in [0.1, 0.15) is 5.52 Å². The van der Waals surface area contributed by atoms with Gasteiger partial charge in [0.05, 0.1) is 13.5 Å². The standard InChI is InChI=1S/C12H16N4O2/c1-7-4-5-9-11(14-7)16(12(13)15-9)8(2)6-10(17)18-3/h4-5,8H,6H2,1-3H3,(H2,13,15). The highest BCUT2D eigenvalue weighted by atomic mass is 16.5. The number of fused-ring (bicyclic) bond motifs is 1. The number of pyridine rings is 1. The number of aromatic nitrogens is 3. The first kappa shape index (κ1) is 12.3. The fourth-order valence-corrected chi connectivity index (χ4v) is 1.94. The predicted molar refractivity (Wildman–Crippen MR) is 68.0 cm³/mol. The van der Waals surface area contributed by atoms with Crippen LogP contribution in [0, 0.1) is 6.92 Å². The summed E-state index contributed by atoms with van der Waals surface area (Å²) < 4.78 is 6.42. The summed E-state index contributed by atoms with van der Waals surface area (Å²) >= 11 is 0. The molecule has 2 rings (SSSR count). The van der Waals surface area contributed by atoms with Gasteiger partial charge >= 0.3 is 5.97 Å². The molecule has 0 radical (unpaired) electrons. The molecule has 96 valence electrons. The highest BCUT2D eigenvalue weighted by Gasteiger charge is 2.18. The lowest BCUT2D eigenvalue weighted by Crippen LogP contribution is -2.14. The maximum atomic E-state index is 11.3. The molecule has 0 amide bonds. The van der Waals surface area contributed by atoms with Crippen molar-refractivity contribution in [2.75, 3.05) is 12.8 Å². The maximum Gasteiger partial charge on any atom is 0.307 e. The van der Waals surface area contributed by atoms with Crippen LogP contribution in [0.25, 0.3) is 11.2 Å². The Bertz CT molecular complexity index is 591. The summed E-state index contributed by atoms with van der Waals surface area (Å²) in [5, 5.41) is 0. The van der Waals surface area contributed by atoms with Gasteiger partial charge in [-0.05, 0) is 26.0 Å². The monoisotopic (exact) mass is 248 g/mol. The van der Waals surface area contributed by atoms with E-state index in [-0.39, 0.29) is 18.4 Å². The highest BCUT2D eigenvalue weighted by Crippen LogP contribution is 2.23. The van der Waals surface area contributed by atoms with E-state index in [1.165, 1.54) is 7.11 Å². The van der Waals surface area contributed by atoms with Gasteiger partial charge in [0.25, 0.3) is 0 Å². The lowest BCUT2D eigenvalue weighted by atomic mass is 10.2. The second-order valence-corrected chi connectivity index (χ2v) is 4.26. The van der Waals surface area contributed by atoms with E-state index in [0.717, 1.165) is 11.2 Å². The zero-order valence-electron chi connectivity index (χ0n) is 10.7. The van der Waals surface area contributed by atoms with E-state index in [2.05, 4.69) is 14.7 Å².